The van der Waals surface area contributed by atoms with Gasteiger partial charge >= 0.3 is 5.97 Å². The lowest BCUT2D eigenvalue weighted by Gasteiger charge is -2.16. The van der Waals surface area contributed by atoms with Gasteiger partial charge in [0.05, 0.1) is 13.0 Å². The van der Waals surface area contributed by atoms with E-state index < -0.39 is 5.60 Å². The molecule has 0 heterocycles. The summed E-state index contributed by atoms with van der Waals surface area (Å²) in [7, 11) is 1.37. The fourth-order valence-electron chi connectivity index (χ4n) is 1.14. The van der Waals surface area contributed by atoms with Gasteiger partial charge in [-0.3, -0.25) is 4.79 Å². The molecule has 0 aliphatic rings. The maximum absolute atomic E-state index is 11.0. The van der Waals surface area contributed by atoms with Gasteiger partial charge < -0.3 is 9.84 Å². The molecule has 0 radical (unpaired) electrons. The van der Waals surface area contributed by atoms with Crippen molar-refractivity contribution in [2.45, 2.75) is 38.7 Å². The van der Waals surface area contributed by atoms with Gasteiger partial charge in [-0.2, -0.15) is 0 Å². The van der Waals surface area contributed by atoms with Gasteiger partial charge in [0.2, 0.25) is 0 Å². The van der Waals surface area contributed by atoms with Crippen LogP contribution in [0.25, 0.3) is 0 Å². The number of methoxy groups -OCH3 is 1. The largest absolute Gasteiger partial charge is 0.469 e. The smallest absolute Gasteiger partial charge is 0.308 e. The minimum Gasteiger partial charge on any atom is -0.469 e. The molecule has 2 unspecified atom stereocenters. The lowest BCUT2D eigenvalue weighted by atomic mass is 9.96. The first kappa shape index (κ1) is 13.0. The summed E-state index contributed by atoms with van der Waals surface area (Å²) in [5.41, 5.74) is -1.06. The summed E-state index contributed by atoms with van der Waals surface area (Å²) in [4.78, 5) is 11.0. The van der Waals surface area contributed by atoms with Crippen LogP contribution in [0.1, 0.15) is 33.1 Å². The van der Waals surface area contributed by atoms with Crippen LogP contribution in [0.15, 0.2) is 0 Å². The van der Waals surface area contributed by atoms with Gasteiger partial charge in [-0.05, 0) is 26.2 Å². The van der Waals surface area contributed by atoms with Gasteiger partial charge in [0.15, 0.2) is 0 Å². The molecule has 0 aromatic heterocycles. The Kier molecular flexibility index (Phi) is 5.26. The Labute approximate surface area is 85.5 Å². The van der Waals surface area contributed by atoms with Crippen LogP contribution in [-0.2, 0) is 9.53 Å². The van der Waals surface area contributed by atoms with Crippen LogP contribution in [0.3, 0.4) is 0 Å². The molecule has 1 N–H and O–H groups in total. The Morgan fingerprint density at radius 1 is 1.71 bits per heavy atom. The summed E-state index contributed by atoms with van der Waals surface area (Å²) in [6.45, 7) is 3.40. The molecular weight excluding hydrogens is 180 g/mol. The number of hydrogen-bond acceptors (Lipinski definition) is 3. The number of rotatable bonds is 5. The zero-order valence-corrected chi connectivity index (χ0v) is 9.04. The molecule has 3 heteroatoms. The van der Waals surface area contributed by atoms with E-state index in [0.29, 0.717) is 19.3 Å². The molecule has 0 rings (SSSR count). The molecule has 0 amide bonds. The van der Waals surface area contributed by atoms with Gasteiger partial charge in [0.1, 0.15) is 5.60 Å². The van der Waals surface area contributed by atoms with Crippen molar-refractivity contribution in [2.24, 2.45) is 5.92 Å². The van der Waals surface area contributed by atoms with Crippen LogP contribution in [-0.4, -0.2) is 23.8 Å². The number of terminal acetylenes is 1. The van der Waals surface area contributed by atoms with E-state index >= 15 is 0 Å². The molecule has 0 aromatic rings. The van der Waals surface area contributed by atoms with E-state index in [1.807, 2.05) is 0 Å². The van der Waals surface area contributed by atoms with E-state index in [-0.39, 0.29) is 11.9 Å². The standard InChI is InChI=1S/C11H18O3/c1-5-11(3,13)8-6-7-9(2)10(12)14-4/h1,9,13H,6-8H2,2-4H3. The van der Waals surface area contributed by atoms with Gasteiger partial charge in [-0.15, -0.1) is 6.42 Å². The summed E-state index contributed by atoms with van der Waals surface area (Å²) in [6, 6.07) is 0. The lowest BCUT2D eigenvalue weighted by molar-refractivity contribution is -0.145. The molecule has 0 aliphatic heterocycles. The van der Waals surface area contributed by atoms with Gasteiger partial charge in [-0.1, -0.05) is 12.8 Å². The maximum Gasteiger partial charge on any atom is 0.308 e. The van der Waals surface area contributed by atoms with E-state index in [4.69, 9.17) is 6.42 Å². The molecule has 3 nitrogen and oxygen atoms in total. The highest BCUT2D eigenvalue weighted by molar-refractivity contribution is 5.71. The van der Waals surface area contributed by atoms with Crippen molar-refractivity contribution in [3.63, 3.8) is 0 Å². The summed E-state index contributed by atoms with van der Waals surface area (Å²) < 4.78 is 4.58. The molecule has 0 spiro atoms. The normalized spacial score (nSPS) is 16.5. The van der Waals surface area contributed by atoms with Crippen molar-refractivity contribution in [3.05, 3.63) is 0 Å². The Hall–Kier alpha value is -1.01. The van der Waals surface area contributed by atoms with Gasteiger partial charge in [0, 0.05) is 0 Å². The van der Waals surface area contributed by atoms with E-state index in [0.717, 1.165) is 0 Å². The first-order valence-electron chi connectivity index (χ1n) is 4.71. The first-order chi connectivity index (χ1) is 6.43. The second-order valence-electron chi connectivity index (χ2n) is 3.73. The maximum atomic E-state index is 11.0. The van der Waals surface area contributed by atoms with E-state index in [1.54, 1.807) is 13.8 Å². The molecule has 0 fully saturated rings. The average molecular weight is 198 g/mol. The highest BCUT2D eigenvalue weighted by atomic mass is 16.5. The molecular formula is C11H18O3. The summed E-state index contributed by atoms with van der Waals surface area (Å²) >= 11 is 0. The molecule has 0 aliphatic carbocycles. The molecule has 0 bridgehead atoms. The SMILES string of the molecule is C#CC(C)(O)CCCC(C)C(=O)OC. The zero-order valence-electron chi connectivity index (χ0n) is 9.04. The van der Waals surface area contributed by atoms with Crippen LogP contribution in [0.2, 0.25) is 0 Å². The Morgan fingerprint density at radius 3 is 2.71 bits per heavy atom. The van der Waals surface area contributed by atoms with Crippen molar-refractivity contribution >= 4 is 5.97 Å². The van der Waals surface area contributed by atoms with E-state index in [2.05, 4.69) is 10.7 Å². The average Bonchev–Trinajstić information content (AvgIpc) is 2.16. The summed E-state index contributed by atoms with van der Waals surface area (Å²) in [6.07, 6.45) is 7.02. The van der Waals surface area contributed by atoms with E-state index in [9.17, 15) is 9.90 Å². The first-order valence-corrected chi connectivity index (χ1v) is 4.71. The highest BCUT2D eigenvalue weighted by Crippen LogP contribution is 2.16. The molecule has 0 aromatic carbocycles. The third kappa shape index (κ3) is 4.88. The zero-order chi connectivity index (χ0) is 11.2. The Morgan fingerprint density at radius 2 is 2.29 bits per heavy atom. The van der Waals surface area contributed by atoms with Crippen molar-refractivity contribution in [2.75, 3.05) is 7.11 Å². The Bertz CT molecular complexity index is 225. The van der Waals surface area contributed by atoms with Crippen LogP contribution in [0, 0.1) is 18.3 Å². The highest BCUT2D eigenvalue weighted by Gasteiger charge is 2.18. The molecule has 0 saturated carbocycles. The quantitative estimate of drug-likeness (QED) is 0.536. The van der Waals surface area contributed by atoms with Crippen molar-refractivity contribution in [1.82, 2.24) is 0 Å². The van der Waals surface area contributed by atoms with Crippen molar-refractivity contribution in [1.29, 1.82) is 0 Å². The lowest BCUT2D eigenvalue weighted by Crippen LogP contribution is -2.21. The van der Waals surface area contributed by atoms with Crippen LogP contribution < -0.4 is 0 Å². The van der Waals surface area contributed by atoms with E-state index in [1.165, 1.54) is 7.11 Å². The minimum absolute atomic E-state index is 0.131. The number of carbonyl (C=O) groups is 1. The van der Waals surface area contributed by atoms with Crippen LogP contribution >= 0.6 is 0 Å². The summed E-state index contributed by atoms with van der Waals surface area (Å²) in [5, 5.41) is 9.48. The Balaban J connectivity index is 3.76. The van der Waals surface area contributed by atoms with Gasteiger partial charge in [-0.25, -0.2) is 0 Å². The van der Waals surface area contributed by atoms with Crippen LogP contribution in [0.4, 0.5) is 0 Å². The fraction of sp³-hybridized carbons (Fsp3) is 0.727. The predicted molar refractivity (Wildman–Crippen MR) is 54.5 cm³/mol. The number of aliphatic hydroxyl groups is 1. The van der Waals surface area contributed by atoms with Crippen molar-refractivity contribution < 1.29 is 14.6 Å². The van der Waals surface area contributed by atoms with Crippen molar-refractivity contribution in [3.8, 4) is 12.3 Å². The number of carbonyl (C=O) groups excluding carboxylic acids is 1. The third-order valence-electron chi connectivity index (χ3n) is 2.22. The number of esters is 1. The fourth-order valence-corrected chi connectivity index (χ4v) is 1.14. The number of ether oxygens (including phenoxy) is 1. The second-order valence-corrected chi connectivity index (χ2v) is 3.73. The second kappa shape index (κ2) is 5.66. The topological polar surface area (TPSA) is 46.5 Å². The monoisotopic (exact) mass is 198 g/mol. The molecule has 0 saturated heterocycles. The third-order valence-corrected chi connectivity index (χ3v) is 2.22. The predicted octanol–water partition coefficient (Wildman–Crippen LogP) is 1.35. The summed E-state index contributed by atoms with van der Waals surface area (Å²) in [5.74, 6) is 1.95. The molecule has 2 atom stereocenters. The number of hydrogen-bond donors (Lipinski definition) is 1. The van der Waals surface area contributed by atoms with Crippen LogP contribution in [0.5, 0.6) is 0 Å². The minimum atomic E-state index is -1.06. The van der Waals surface area contributed by atoms with Gasteiger partial charge in [0.25, 0.3) is 0 Å². The molecule has 14 heavy (non-hydrogen) atoms. The molecule has 80 valence electrons.